The number of anilines is 1. The fourth-order valence-corrected chi connectivity index (χ4v) is 6.18. The summed E-state index contributed by atoms with van der Waals surface area (Å²) in [4.78, 5) is 56.1. The first kappa shape index (κ1) is 21.8. The van der Waals surface area contributed by atoms with Crippen molar-refractivity contribution in [2.75, 3.05) is 4.90 Å². The Hall–Kier alpha value is -2.69. The molecule has 2 aliphatic heterocycles. The van der Waals surface area contributed by atoms with Crippen LogP contribution in [0.4, 0.5) is 5.69 Å². The second-order valence-corrected chi connectivity index (χ2v) is 10.7. The fourth-order valence-electron chi connectivity index (χ4n) is 5.35. The maximum atomic E-state index is 13.8. The predicted octanol–water partition coefficient (Wildman–Crippen LogP) is 4.75. The van der Waals surface area contributed by atoms with Crippen molar-refractivity contribution >= 4 is 67.6 Å². The molecule has 1 spiro atoms. The van der Waals surface area contributed by atoms with Gasteiger partial charge in [0, 0.05) is 19.2 Å². The van der Waals surface area contributed by atoms with E-state index in [0.717, 1.165) is 12.9 Å². The number of benzene rings is 3. The van der Waals surface area contributed by atoms with Crippen LogP contribution in [0.2, 0.25) is 0 Å². The SMILES string of the molecule is O=C1[C@H]2[C@@H](C(=O)N1c1ccc(Br)cc1)C1(O[C@H]2c2cccc(I)c2)C(=O)c2ccccc2C1=O. The molecule has 2 saturated heterocycles. The van der Waals surface area contributed by atoms with Crippen LogP contribution < -0.4 is 4.90 Å². The standard InChI is InChI=1S/C26H15BrINO5/c27-14-8-10-16(11-9-14)29-24(32)19-20(25(29)33)26(34-21(19)13-4-3-5-15(28)12-13)22(30)17-6-1-2-7-18(17)23(26)31/h1-12,19-21H/t19-,20-,21-/m0/s1. The maximum Gasteiger partial charge on any atom is 0.241 e. The van der Waals surface area contributed by atoms with Gasteiger partial charge in [0.05, 0.1) is 23.6 Å². The van der Waals surface area contributed by atoms with Gasteiger partial charge in [-0.2, -0.15) is 0 Å². The van der Waals surface area contributed by atoms with Gasteiger partial charge in [0.2, 0.25) is 29.0 Å². The molecule has 0 radical (unpaired) electrons. The number of Topliss-reactive ketones (excluding diaryl/α,β-unsaturated/α-hetero) is 2. The molecule has 0 bridgehead atoms. The van der Waals surface area contributed by atoms with Crippen LogP contribution in [-0.4, -0.2) is 29.0 Å². The molecule has 6 nitrogen and oxygen atoms in total. The van der Waals surface area contributed by atoms with Crippen molar-refractivity contribution in [1.82, 2.24) is 0 Å². The number of imide groups is 1. The van der Waals surface area contributed by atoms with Gasteiger partial charge in [0.25, 0.3) is 0 Å². The Bertz CT molecular complexity index is 1380. The molecule has 3 aromatic rings. The molecule has 2 amide bonds. The van der Waals surface area contributed by atoms with E-state index in [4.69, 9.17) is 4.74 Å². The van der Waals surface area contributed by atoms with E-state index < -0.39 is 46.9 Å². The highest BCUT2D eigenvalue weighted by Gasteiger charge is 2.74. The molecular weight excluding hydrogens is 613 g/mol. The number of carbonyl (C=O) groups excluding carboxylic acids is 4. The lowest BCUT2D eigenvalue weighted by atomic mass is 9.77. The molecular formula is C26H15BrINO5. The number of hydrogen-bond acceptors (Lipinski definition) is 5. The van der Waals surface area contributed by atoms with Gasteiger partial charge in [0.1, 0.15) is 0 Å². The van der Waals surface area contributed by atoms with Crippen molar-refractivity contribution in [3.63, 3.8) is 0 Å². The van der Waals surface area contributed by atoms with E-state index in [1.54, 1.807) is 54.6 Å². The highest BCUT2D eigenvalue weighted by atomic mass is 127. The quantitative estimate of drug-likeness (QED) is 0.233. The van der Waals surface area contributed by atoms with Crippen molar-refractivity contribution in [2.45, 2.75) is 11.7 Å². The Kier molecular flexibility index (Phi) is 4.91. The molecule has 2 fully saturated rings. The third kappa shape index (κ3) is 2.82. The van der Waals surface area contributed by atoms with Crippen LogP contribution in [0.15, 0.2) is 77.3 Å². The average Bonchev–Trinajstić information content (AvgIpc) is 3.40. The average molecular weight is 628 g/mol. The summed E-state index contributed by atoms with van der Waals surface area (Å²) in [5.74, 6) is -4.45. The number of fused-ring (bicyclic) bond motifs is 3. The van der Waals surface area contributed by atoms with Crippen LogP contribution in [0.1, 0.15) is 32.4 Å². The number of nitrogens with zero attached hydrogens (tertiary/aromatic N) is 1. The molecule has 8 heteroatoms. The molecule has 6 rings (SSSR count). The van der Waals surface area contributed by atoms with Gasteiger partial charge in [-0.15, -0.1) is 0 Å². The van der Waals surface area contributed by atoms with Gasteiger partial charge in [-0.25, -0.2) is 4.90 Å². The minimum Gasteiger partial charge on any atom is -0.349 e. The topological polar surface area (TPSA) is 80.8 Å². The molecule has 1 aliphatic carbocycles. The fraction of sp³-hybridized carbons (Fsp3) is 0.154. The summed E-state index contributed by atoms with van der Waals surface area (Å²) in [6.07, 6.45) is -0.918. The van der Waals surface area contributed by atoms with E-state index >= 15 is 0 Å². The summed E-state index contributed by atoms with van der Waals surface area (Å²) >= 11 is 5.51. The molecule has 3 aromatic carbocycles. The first-order valence-electron chi connectivity index (χ1n) is 10.6. The van der Waals surface area contributed by atoms with Crippen LogP contribution >= 0.6 is 38.5 Å². The van der Waals surface area contributed by atoms with Crippen molar-refractivity contribution in [3.8, 4) is 0 Å². The molecule has 0 unspecified atom stereocenters. The van der Waals surface area contributed by atoms with Crippen molar-refractivity contribution < 1.29 is 23.9 Å². The molecule has 2 heterocycles. The zero-order valence-electron chi connectivity index (χ0n) is 17.4. The second-order valence-electron chi connectivity index (χ2n) is 8.52. The number of rotatable bonds is 2. The smallest absolute Gasteiger partial charge is 0.241 e. The highest BCUT2D eigenvalue weighted by molar-refractivity contribution is 14.1. The summed E-state index contributed by atoms with van der Waals surface area (Å²) in [6, 6.07) is 20.6. The third-order valence-corrected chi connectivity index (χ3v) is 7.98. The molecule has 0 N–H and O–H groups in total. The van der Waals surface area contributed by atoms with E-state index in [-0.39, 0.29) is 11.1 Å². The van der Waals surface area contributed by atoms with Crippen LogP contribution in [0.3, 0.4) is 0 Å². The molecule has 168 valence electrons. The first-order valence-corrected chi connectivity index (χ1v) is 12.5. The number of hydrogen-bond donors (Lipinski definition) is 0. The van der Waals surface area contributed by atoms with E-state index in [2.05, 4.69) is 38.5 Å². The minimum atomic E-state index is -2.06. The predicted molar refractivity (Wildman–Crippen MR) is 134 cm³/mol. The maximum absolute atomic E-state index is 13.8. The molecule has 0 aromatic heterocycles. The lowest BCUT2D eigenvalue weighted by Gasteiger charge is -2.27. The zero-order chi connectivity index (χ0) is 23.8. The highest BCUT2D eigenvalue weighted by Crippen LogP contribution is 2.57. The monoisotopic (exact) mass is 627 g/mol. The van der Waals surface area contributed by atoms with Crippen LogP contribution in [0, 0.1) is 15.4 Å². The lowest BCUT2D eigenvalue weighted by Crippen LogP contribution is -2.51. The number of carbonyl (C=O) groups is 4. The number of amides is 2. The largest absolute Gasteiger partial charge is 0.349 e. The first-order chi connectivity index (χ1) is 16.3. The number of halogens is 2. The van der Waals surface area contributed by atoms with Crippen LogP contribution in [0.25, 0.3) is 0 Å². The van der Waals surface area contributed by atoms with E-state index in [1.165, 1.54) is 0 Å². The zero-order valence-corrected chi connectivity index (χ0v) is 21.1. The number of ether oxygens (including phenoxy) is 1. The van der Waals surface area contributed by atoms with Crippen molar-refractivity contribution in [2.24, 2.45) is 11.8 Å². The molecule has 0 saturated carbocycles. The van der Waals surface area contributed by atoms with E-state index in [0.29, 0.717) is 11.3 Å². The van der Waals surface area contributed by atoms with Gasteiger partial charge in [-0.05, 0) is 64.6 Å². The Morgan fingerprint density at radius 1 is 0.824 bits per heavy atom. The van der Waals surface area contributed by atoms with Crippen LogP contribution in [-0.2, 0) is 14.3 Å². The number of ketones is 2. The van der Waals surface area contributed by atoms with Gasteiger partial charge in [-0.1, -0.05) is 52.3 Å². The summed E-state index contributed by atoms with van der Waals surface area (Å²) in [6.45, 7) is 0. The molecule has 3 aliphatic rings. The van der Waals surface area contributed by atoms with Gasteiger partial charge < -0.3 is 4.74 Å². The van der Waals surface area contributed by atoms with E-state index in [1.807, 2.05) is 18.2 Å². The Labute approximate surface area is 216 Å². The Morgan fingerprint density at radius 2 is 1.47 bits per heavy atom. The van der Waals surface area contributed by atoms with Crippen molar-refractivity contribution in [1.29, 1.82) is 0 Å². The second kappa shape index (κ2) is 7.66. The lowest BCUT2D eigenvalue weighted by molar-refractivity contribution is -0.127. The van der Waals surface area contributed by atoms with Crippen molar-refractivity contribution in [3.05, 3.63) is 97.5 Å². The van der Waals surface area contributed by atoms with Gasteiger partial charge in [-0.3, -0.25) is 19.2 Å². The third-order valence-electron chi connectivity index (χ3n) is 6.78. The summed E-state index contributed by atoms with van der Waals surface area (Å²) in [5, 5.41) is 0. The van der Waals surface area contributed by atoms with E-state index in [9.17, 15) is 19.2 Å². The summed E-state index contributed by atoms with van der Waals surface area (Å²) in [5.41, 5.74) is -0.584. The molecule has 34 heavy (non-hydrogen) atoms. The summed E-state index contributed by atoms with van der Waals surface area (Å²) in [7, 11) is 0. The van der Waals surface area contributed by atoms with Gasteiger partial charge >= 0.3 is 0 Å². The normalized spacial score (nSPS) is 24.8. The summed E-state index contributed by atoms with van der Waals surface area (Å²) < 4.78 is 7.99. The van der Waals surface area contributed by atoms with Gasteiger partial charge in [0.15, 0.2) is 0 Å². The van der Waals surface area contributed by atoms with Crippen LogP contribution in [0.5, 0.6) is 0 Å². The Balaban J connectivity index is 1.55. The molecule has 3 atom stereocenters. The Morgan fingerprint density at radius 3 is 2.09 bits per heavy atom. The minimum absolute atomic E-state index is 0.219.